The highest BCUT2D eigenvalue weighted by Gasteiger charge is 2.29. The summed E-state index contributed by atoms with van der Waals surface area (Å²) in [6.07, 6.45) is 1.03. The Balaban J connectivity index is 1.98. The molecule has 23 heavy (non-hydrogen) atoms. The largest absolute Gasteiger partial charge is 0.474 e. The SMILES string of the molecule is CC(C)(C)N1CCO[C@@H](COc2ncc(S(N)(=O)=O)cc2Cl)C1. The first kappa shape index (κ1) is 18.4. The second kappa shape index (κ2) is 6.90. The summed E-state index contributed by atoms with van der Waals surface area (Å²) in [7, 11) is -3.84. The molecule has 9 heteroatoms. The zero-order chi connectivity index (χ0) is 17.3. The van der Waals surface area contributed by atoms with Gasteiger partial charge in [0.25, 0.3) is 0 Å². The number of hydrogen-bond donors (Lipinski definition) is 1. The minimum Gasteiger partial charge on any atom is -0.474 e. The van der Waals surface area contributed by atoms with E-state index in [4.69, 9.17) is 26.2 Å². The Kier molecular flexibility index (Phi) is 5.52. The molecule has 1 aliphatic heterocycles. The van der Waals surface area contributed by atoms with E-state index in [1.807, 2.05) is 0 Å². The van der Waals surface area contributed by atoms with Crippen LogP contribution in [-0.4, -0.2) is 56.2 Å². The zero-order valence-corrected chi connectivity index (χ0v) is 15.0. The number of hydrogen-bond acceptors (Lipinski definition) is 6. The number of halogens is 1. The minimum atomic E-state index is -3.84. The average Bonchev–Trinajstić information content (AvgIpc) is 2.44. The summed E-state index contributed by atoms with van der Waals surface area (Å²) in [4.78, 5) is 6.09. The summed E-state index contributed by atoms with van der Waals surface area (Å²) in [6.45, 7) is 9.01. The van der Waals surface area contributed by atoms with Crippen LogP contribution in [0.15, 0.2) is 17.2 Å². The molecule has 7 nitrogen and oxygen atoms in total. The molecule has 1 fully saturated rings. The van der Waals surface area contributed by atoms with Gasteiger partial charge in [0.15, 0.2) is 0 Å². The molecule has 0 aliphatic carbocycles. The van der Waals surface area contributed by atoms with Crippen LogP contribution in [0.5, 0.6) is 5.88 Å². The van der Waals surface area contributed by atoms with Crippen molar-refractivity contribution in [1.29, 1.82) is 0 Å². The summed E-state index contributed by atoms with van der Waals surface area (Å²) in [6, 6.07) is 1.22. The van der Waals surface area contributed by atoms with E-state index in [-0.39, 0.29) is 34.0 Å². The Hall–Kier alpha value is -0.930. The van der Waals surface area contributed by atoms with Gasteiger partial charge in [0.1, 0.15) is 22.6 Å². The van der Waals surface area contributed by atoms with E-state index in [1.54, 1.807) is 0 Å². The highest BCUT2D eigenvalue weighted by Crippen LogP contribution is 2.25. The van der Waals surface area contributed by atoms with Gasteiger partial charge >= 0.3 is 0 Å². The molecule has 1 aromatic rings. The van der Waals surface area contributed by atoms with E-state index >= 15 is 0 Å². The highest BCUT2D eigenvalue weighted by atomic mass is 35.5. The van der Waals surface area contributed by atoms with Gasteiger partial charge < -0.3 is 9.47 Å². The second-order valence-corrected chi connectivity index (χ2v) is 8.39. The smallest absolute Gasteiger partial charge is 0.239 e. The molecule has 0 spiro atoms. The number of ether oxygens (including phenoxy) is 2. The Morgan fingerprint density at radius 3 is 2.78 bits per heavy atom. The maximum Gasteiger partial charge on any atom is 0.239 e. The van der Waals surface area contributed by atoms with E-state index in [1.165, 1.54) is 6.07 Å². The van der Waals surface area contributed by atoms with Crippen LogP contribution in [0.25, 0.3) is 0 Å². The third-order valence-corrected chi connectivity index (χ3v) is 4.76. The fraction of sp³-hybridized carbons (Fsp3) is 0.643. The van der Waals surface area contributed by atoms with Gasteiger partial charge in [-0.2, -0.15) is 0 Å². The van der Waals surface area contributed by atoms with Crippen LogP contribution in [0.1, 0.15) is 20.8 Å². The molecule has 2 rings (SSSR count). The number of primary sulfonamides is 1. The van der Waals surface area contributed by atoms with Crippen LogP contribution in [0.4, 0.5) is 0 Å². The maximum atomic E-state index is 11.2. The lowest BCUT2D eigenvalue weighted by Gasteiger charge is -2.41. The van der Waals surface area contributed by atoms with Crippen molar-refractivity contribution in [2.75, 3.05) is 26.3 Å². The fourth-order valence-electron chi connectivity index (χ4n) is 2.27. The molecule has 0 bridgehead atoms. The number of rotatable bonds is 4. The molecule has 0 aromatic carbocycles. The summed E-state index contributed by atoms with van der Waals surface area (Å²) in [5, 5.41) is 5.13. The molecular formula is C14H22ClN3O4S. The van der Waals surface area contributed by atoms with E-state index in [0.29, 0.717) is 6.61 Å². The molecule has 2 N–H and O–H groups in total. The molecule has 1 aromatic heterocycles. The Bertz CT molecular complexity index is 660. The van der Waals surface area contributed by atoms with Crippen LogP contribution in [0, 0.1) is 0 Å². The van der Waals surface area contributed by atoms with Crippen LogP contribution in [-0.2, 0) is 14.8 Å². The Morgan fingerprint density at radius 2 is 2.22 bits per heavy atom. The van der Waals surface area contributed by atoms with Crippen LogP contribution in [0.2, 0.25) is 5.02 Å². The van der Waals surface area contributed by atoms with Crippen molar-refractivity contribution < 1.29 is 17.9 Å². The first-order chi connectivity index (χ1) is 10.6. The average molecular weight is 364 g/mol. The lowest BCUT2D eigenvalue weighted by molar-refractivity contribution is -0.0733. The molecule has 0 unspecified atom stereocenters. The maximum absolute atomic E-state index is 11.2. The van der Waals surface area contributed by atoms with Gasteiger partial charge in [0, 0.05) is 18.6 Å². The van der Waals surface area contributed by atoms with Crippen LogP contribution in [0.3, 0.4) is 0 Å². The normalized spacial score (nSPS) is 20.5. The minimum absolute atomic E-state index is 0.0645. The molecule has 0 amide bonds. The first-order valence-corrected chi connectivity index (χ1v) is 9.17. The van der Waals surface area contributed by atoms with Gasteiger partial charge in [-0.15, -0.1) is 0 Å². The molecule has 1 saturated heterocycles. The van der Waals surface area contributed by atoms with Gasteiger partial charge in [-0.25, -0.2) is 18.5 Å². The summed E-state index contributed by atoms with van der Waals surface area (Å²) in [5.41, 5.74) is 0.0645. The van der Waals surface area contributed by atoms with Crippen molar-refractivity contribution in [3.63, 3.8) is 0 Å². The van der Waals surface area contributed by atoms with E-state index in [9.17, 15) is 8.42 Å². The monoisotopic (exact) mass is 363 g/mol. The van der Waals surface area contributed by atoms with Gasteiger partial charge in [0.05, 0.1) is 12.8 Å². The van der Waals surface area contributed by atoms with E-state index < -0.39 is 10.0 Å². The van der Waals surface area contributed by atoms with Crippen molar-refractivity contribution in [2.24, 2.45) is 5.14 Å². The van der Waals surface area contributed by atoms with E-state index in [2.05, 4.69) is 30.7 Å². The predicted molar refractivity (Wildman–Crippen MR) is 87.2 cm³/mol. The number of nitrogens with two attached hydrogens (primary N) is 1. The Morgan fingerprint density at radius 1 is 1.52 bits per heavy atom. The number of nitrogens with zero attached hydrogens (tertiary/aromatic N) is 2. The third-order valence-electron chi connectivity index (χ3n) is 3.60. The van der Waals surface area contributed by atoms with Gasteiger partial charge in [-0.3, -0.25) is 4.90 Å². The molecule has 0 saturated carbocycles. The number of morpholine rings is 1. The molecule has 2 heterocycles. The fourth-order valence-corrected chi connectivity index (χ4v) is 3.04. The summed E-state index contributed by atoms with van der Waals surface area (Å²) >= 11 is 6.00. The Labute approximate surface area is 141 Å². The quantitative estimate of drug-likeness (QED) is 0.865. The molecule has 130 valence electrons. The number of pyridine rings is 1. The number of sulfonamides is 1. The van der Waals surface area contributed by atoms with Gasteiger partial charge in [-0.05, 0) is 26.8 Å². The van der Waals surface area contributed by atoms with Crippen molar-refractivity contribution >= 4 is 21.6 Å². The van der Waals surface area contributed by atoms with E-state index in [0.717, 1.165) is 19.3 Å². The molecule has 1 atom stereocenters. The van der Waals surface area contributed by atoms with Crippen LogP contribution >= 0.6 is 11.6 Å². The summed E-state index contributed by atoms with van der Waals surface area (Å²) < 4.78 is 33.8. The topological polar surface area (TPSA) is 94.8 Å². The van der Waals surface area contributed by atoms with Crippen molar-refractivity contribution in [3.8, 4) is 5.88 Å². The van der Waals surface area contributed by atoms with Crippen LogP contribution < -0.4 is 9.88 Å². The van der Waals surface area contributed by atoms with Crippen molar-refractivity contribution in [3.05, 3.63) is 17.3 Å². The summed E-state index contributed by atoms with van der Waals surface area (Å²) in [5.74, 6) is 0.163. The highest BCUT2D eigenvalue weighted by molar-refractivity contribution is 7.89. The molecular weight excluding hydrogens is 342 g/mol. The zero-order valence-electron chi connectivity index (χ0n) is 13.5. The predicted octanol–water partition coefficient (Wildman–Crippen LogP) is 1.26. The van der Waals surface area contributed by atoms with Crippen molar-refractivity contribution in [2.45, 2.75) is 37.3 Å². The lowest BCUT2D eigenvalue weighted by Crippen LogP contribution is -2.52. The molecule has 0 radical (unpaired) electrons. The first-order valence-electron chi connectivity index (χ1n) is 7.25. The van der Waals surface area contributed by atoms with Gasteiger partial charge in [-0.1, -0.05) is 11.6 Å². The van der Waals surface area contributed by atoms with Crippen molar-refractivity contribution in [1.82, 2.24) is 9.88 Å². The number of aromatic nitrogens is 1. The van der Waals surface area contributed by atoms with Gasteiger partial charge in [0.2, 0.25) is 15.9 Å². The lowest BCUT2D eigenvalue weighted by atomic mass is 10.0. The third kappa shape index (κ3) is 5.02. The standard InChI is InChI=1S/C14H22ClN3O4S/c1-14(2,3)18-4-5-21-10(8-18)9-22-13-12(15)6-11(7-17-13)23(16,19)20/h6-7,10H,4-5,8-9H2,1-3H3,(H2,16,19,20)/t10-/m1/s1. The molecule has 1 aliphatic rings. The second-order valence-electron chi connectivity index (χ2n) is 6.42.